The molecule has 2 N–H and O–H groups in total. The Balaban J connectivity index is 0.00000180. The van der Waals surface area contributed by atoms with E-state index in [0.29, 0.717) is 28.2 Å². The van der Waals surface area contributed by atoms with Gasteiger partial charge in [-0.25, -0.2) is 4.98 Å². The van der Waals surface area contributed by atoms with Crippen LogP contribution in [0.1, 0.15) is 11.1 Å². The van der Waals surface area contributed by atoms with E-state index in [2.05, 4.69) is 4.98 Å². The maximum Gasteiger partial charge on any atom is 0.219 e. The number of aryl methyl sites for hydroxylation is 1. The molecule has 0 aliphatic rings. The molecule has 2 aromatic rings. The topological polar surface area (TPSA) is 48.1 Å². The highest BCUT2D eigenvalue weighted by Crippen LogP contribution is 2.31. The van der Waals surface area contributed by atoms with Crippen molar-refractivity contribution in [3.8, 4) is 11.6 Å². The van der Waals surface area contributed by atoms with E-state index < -0.39 is 0 Å². The van der Waals surface area contributed by atoms with Gasteiger partial charge in [0.1, 0.15) is 5.75 Å². The summed E-state index contributed by atoms with van der Waals surface area (Å²) in [6, 6.07) is 6.85. The second-order valence-corrected chi connectivity index (χ2v) is 4.67. The van der Waals surface area contributed by atoms with Gasteiger partial charge in [-0.2, -0.15) is 0 Å². The van der Waals surface area contributed by atoms with Crippen LogP contribution in [0.2, 0.25) is 10.0 Å². The zero-order chi connectivity index (χ0) is 13.1. The molecule has 0 amide bonds. The van der Waals surface area contributed by atoms with Crippen molar-refractivity contribution in [2.75, 3.05) is 0 Å². The highest BCUT2D eigenvalue weighted by atomic mass is 35.5. The van der Waals surface area contributed by atoms with Crippen molar-refractivity contribution in [2.45, 2.75) is 13.5 Å². The Kier molecular flexibility index (Phi) is 5.88. The highest BCUT2D eigenvalue weighted by molar-refractivity contribution is 6.34. The molecule has 0 unspecified atom stereocenters. The third-order valence-electron chi connectivity index (χ3n) is 2.52. The molecular weight excluding hydrogens is 307 g/mol. The van der Waals surface area contributed by atoms with Gasteiger partial charge in [-0.05, 0) is 30.2 Å². The minimum atomic E-state index is 0. The lowest BCUT2D eigenvalue weighted by Gasteiger charge is -2.09. The fourth-order valence-corrected chi connectivity index (χ4v) is 1.81. The number of rotatable bonds is 3. The average molecular weight is 320 g/mol. The molecule has 0 saturated carbocycles. The van der Waals surface area contributed by atoms with Gasteiger partial charge in [-0.15, -0.1) is 12.4 Å². The number of aromatic nitrogens is 1. The number of halogens is 3. The smallest absolute Gasteiger partial charge is 0.219 e. The summed E-state index contributed by atoms with van der Waals surface area (Å²) >= 11 is 11.9. The Morgan fingerprint density at radius 2 is 2.00 bits per heavy atom. The molecule has 1 aromatic heterocycles. The average Bonchev–Trinajstić information content (AvgIpc) is 2.34. The van der Waals surface area contributed by atoms with Gasteiger partial charge in [0.2, 0.25) is 5.88 Å². The number of pyridine rings is 1. The van der Waals surface area contributed by atoms with Crippen LogP contribution < -0.4 is 10.5 Å². The summed E-state index contributed by atoms with van der Waals surface area (Å²) in [5.41, 5.74) is 7.59. The standard InChI is InChI=1S/C13H12Cl2N2O.ClH/c1-8-4-13(17-7-9(8)6-16)18-12-5-10(14)2-3-11(12)15;/h2-5,7H,6,16H2,1H3;1H. The van der Waals surface area contributed by atoms with Gasteiger partial charge in [0.15, 0.2) is 0 Å². The number of nitrogens with two attached hydrogens (primary N) is 1. The lowest BCUT2D eigenvalue weighted by molar-refractivity contribution is 0.462. The molecule has 3 nitrogen and oxygen atoms in total. The van der Waals surface area contributed by atoms with Gasteiger partial charge >= 0.3 is 0 Å². The molecule has 0 atom stereocenters. The summed E-state index contributed by atoms with van der Waals surface area (Å²) in [4.78, 5) is 4.17. The quantitative estimate of drug-likeness (QED) is 0.914. The third kappa shape index (κ3) is 3.98. The second kappa shape index (κ2) is 6.96. The molecule has 19 heavy (non-hydrogen) atoms. The maximum absolute atomic E-state index is 6.01. The van der Waals surface area contributed by atoms with Crippen LogP contribution in [0.15, 0.2) is 30.5 Å². The van der Waals surface area contributed by atoms with Gasteiger partial charge in [-0.1, -0.05) is 23.2 Å². The zero-order valence-corrected chi connectivity index (χ0v) is 12.5. The lowest BCUT2D eigenvalue weighted by Crippen LogP contribution is -2.00. The van der Waals surface area contributed by atoms with E-state index in [1.54, 1.807) is 24.4 Å². The normalized spacial score (nSPS) is 9.89. The largest absolute Gasteiger partial charge is 0.437 e. The summed E-state index contributed by atoms with van der Waals surface area (Å²) in [6.45, 7) is 2.41. The molecule has 0 saturated heterocycles. The minimum absolute atomic E-state index is 0. The molecule has 0 aliphatic heterocycles. The first-order valence-electron chi connectivity index (χ1n) is 5.38. The van der Waals surface area contributed by atoms with Gasteiger partial charge in [-0.3, -0.25) is 0 Å². The van der Waals surface area contributed by atoms with Crippen molar-refractivity contribution in [1.82, 2.24) is 4.98 Å². The molecule has 1 aromatic carbocycles. The van der Waals surface area contributed by atoms with E-state index >= 15 is 0 Å². The highest BCUT2D eigenvalue weighted by Gasteiger charge is 2.06. The molecule has 0 aliphatic carbocycles. The van der Waals surface area contributed by atoms with Crippen molar-refractivity contribution in [3.63, 3.8) is 0 Å². The van der Waals surface area contributed by atoms with Crippen LogP contribution in [0.3, 0.4) is 0 Å². The van der Waals surface area contributed by atoms with Gasteiger partial charge in [0.05, 0.1) is 5.02 Å². The maximum atomic E-state index is 6.01. The predicted molar refractivity (Wildman–Crippen MR) is 80.6 cm³/mol. The van der Waals surface area contributed by atoms with Crippen molar-refractivity contribution in [2.24, 2.45) is 5.73 Å². The van der Waals surface area contributed by atoms with Crippen LogP contribution in [0.4, 0.5) is 0 Å². The third-order valence-corrected chi connectivity index (χ3v) is 3.07. The van der Waals surface area contributed by atoms with E-state index in [1.165, 1.54) is 0 Å². The molecule has 0 fully saturated rings. The van der Waals surface area contributed by atoms with E-state index in [4.69, 9.17) is 33.7 Å². The molecule has 1 heterocycles. The van der Waals surface area contributed by atoms with E-state index in [1.807, 2.05) is 13.0 Å². The van der Waals surface area contributed by atoms with Crippen LogP contribution in [-0.2, 0) is 6.54 Å². The first kappa shape index (κ1) is 16.1. The summed E-state index contributed by atoms with van der Waals surface area (Å²) in [6.07, 6.45) is 1.70. The Morgan fingerprint density at radius 3 is 2.63 bits per heavy atom. The minimum Gasteiger partial charge on any atom is -0.437 e. The van der Waals surface area contributed by atoms with Crippen LogP contribution in [0, 0.1) is 6.92 Å². The van der Waals surface area contributed by atoms with Crippen molar-refractivity contribution < 1.29 is 4.74 Å². The number of ether oxygens (including phenoxy) is 1. The molecule has 0 radical (unpaired) electrons. The fourth-order valence-electron chi connectivity index (χ4n) is 1.50. The molecule has 0 bridgehead atoms. The zero-order valence-electron chi connectivity index (χ0n) is 10.2. The number of hydrogen-bond donors (Lipinski definition) is 1. The molecule has 6 heteroatoms. The van der Waals surface area contributed by atoms with Crippen LogP contribution >= 0.6 is 35.6 Å². The first-order valence-corrected chi connectivity index (χ1v) is 6.14. The fraction of sp³-hybridized carbons (Fsp3) is 0.154. The van der Waals surface area contributed by atoms with E-state index in [0.717, 1.165) is 11.1 Å². The van der Waals surface area contributed by atoms with Gasteiger partial charge in [0, 0.05) is 29.9 Å². The van der Waals surface area contributed by atoms with E-state index in [-0.39, 0.29) is 12.4 Å². The Labute approximate surface area is 128 Å². The number of hydrogen-bond acceptors (Lipinski definition) is 3. The summed E-state index contributed by atoms with van der Waals surface area (Å²) < 4.78 is 5.60. The summed E-state index contributed by atoms with van der Waals surface area (Å²) in [5, 5.41) is 1.05. The van der Waals surface area contributed by atoms with Gasteiger partial charge in [0.25, 0.3) is 0 Å². The first-order chi connectivity index (χ1) is 8.60. The van der Waals surface area contributed by atoms with Crippen molar-refractivity contribution >= 4 is 35.6 Å². The van der Waals surface area contributed by atoms with E-state index in [9.17, 15) is 0 Å². The Morgan fingerprint density at radius 1 is 1.26 bits per heavy atom. The summed E-state index contributed by atoms with van der Waals surface area (Å²) in [5.74, 6) is 0.949. The summed E-state index contributed by atoms with van der Waals surface area (Å²) in [7, 11) is 0. The van der Waals surface area contributed by atoms with Crippen LogP contribution in [0.5, 0.6) is 11.6 Å². The monoisotopic (exact) mass is 318 g/mol. The SMILES string of the molecule is Cc1cc(Oc2cc(Cl)ccc2Cl)ncc1CN.Cl. The van der Waals surface area contributed by atoms with Crippen LogP contribution in [-0.4, -0.2) is 4.98 Å². The van der Waals surface area contributed by atoms with Crippen molar-refractivity contribution in [3.05, 3.63) is 51.6 Å². The molecule has 2 rings (SSSR count). The second-order valence-electron chi connectivity index (χ2n) is 3.83. The van der Waals surface area contributed by atoms with Gasteiger partial charge < -0.3 is 10.5 Å². The predicted octanol–water partition coefficient (Wildman–Crippen LogP) is 4.37. The molecule has 102 valence electrons. The molecular formula is C13H13Cl3N2O. The Bertz CT molecular complexity index is 576. The lowest BCUT2D eigenvalue weighted by atomic mass is 10.1. The Hall–Kier alpha value is -1.00. The van der Waals surface area contributed by atoms with Crippen LogP contribution in [0.25, 0.3) is 0 Å². The van der Waals surface area contributed by atoms with Crippen molar-refractivity contribution in [1.29, 1.82) is 0 Å². The molecule has 0 spiro atoms. The number of benzene rings is 1. The number of nitrogens with zero attached hydrogens (tertiary/aromatic N) is 1.